The van der Waals surface area contributed by atoms with Crippen molar-refractivity contribution in [1.82, 2.24) is 4.98 Å². The van der Waals surface area contributed by atoms with Gasteiger partial charge in [0.05, 0.1) is 7.11 Å². The van der Waals surface area contributed by atoms with Crippen LogP contribution in [0.25, 0.3) is 17.0 Å². The van der Waals surface area contributed by atoms with Crippen LogP contribution in [-0.2, 0) is 9.53 Å². The number of nitrogens with one attached hydrogen (secondary N) is 1. The Balaban J connectivity index is 2.45. The molecule has 3 N–H and O–H groups in total. The number of esters is 1. The average Bonchev–Trinajstić information content (AvgIpc) is 2.72. The van der Waals surface area contributed by atoms with Gasteiger partial charge in [0.25, 0.3) is 0 Å². The van der Waals surface area contributed by atoms with E-state index >= 15 is 0 Å². The first-order valence-electron chi connectivity index (χ1n) is 4.84. The summed E-state index contributed by atoms with van der Waals surface area (Å²) in [5, 5.41) is 1.02. The van der Waals surface area contributed by atoms with Crippen molar-refractivity contribution in [2.75, 3.05) is 7.11 Å². The molecule has 0 saturated heterocycles. The van der Waals surface area contributed by atoms with Gasteiger partial charge in [-0.1, -0.05) is 18.2 Å². The van der Waals surface area contributed by atoms with Crippen LogP contribution in [0.4, 0.5) is 0 Å². The Kier molecular flexibility index (Phi) is 2.64. The van der Waals surface area contributed by atoms with Gasteiger partial charge in [-0.2, -0.15) is 0 Å². The molecule has 4 nitrogen and oxygen atoms in total. The smallest absolute Gasteiger partial charge is 0.353 e. The fraction of sp³-hybridized carbons (Fsp3) is 0.0833. The highest BCUT2D eigenvalue weighted by Gasteiger charge is 2.06. The van der Waals surface area contributed by atoms with E-state index in [1.165, 1.54) is 7.11 Å². The van der Waals surface area contributed by atoms with Gasteiger partial charge in [-0.3, -0.25) is 0 Å². The first-order valence-corrected chi connectivity index (χ1v) is 4.84. The summed E-state index contributed by atoms with van der Waals surface area (Å²) in [7, 11) is 1.30. The maximum atomic E-state index is 11.1. The second-order valence-corrected chi connectivity index (χ2v) is 3.38. The highest BCUT2D eigenvalue weighted by molar-refractivity contribution is 5.97. The van der Waals surface area contributed by atoms with E-state index in [-0.39, 0.29) is 5.70 Å². The van der Waals surface area contributed by atoms with E-state index in [1.54, 1.807) is 12.3 Å². The minimum atomic E-state index is -0.523. The Morgan fingerprint density at radius 1 is 1.44 bits per heavy atom. The largest absolute Gasteiger partial charge is 0.464 e. The van der Waals surface area contributed by atoms with Crippen LogP contribution in [0, 0.1) is 0 Å². The Labute approximate surface area is 92.7 Å². The second-order valence-electron chi connectivity index (χ2n) is 3.38. The van der Waals surface area contributed by atoms with E-state index in [1.807, 2.05) is 24.3 Å². The average molecular weight is 216 g/mol. The summed E-state index contributed by atoms with van der Waals surface area (Å²) >= 11 is 0. The van der Waals surface area contributed by atoms with Crippen LogP contribution in [0.1, 0.15) is 5.56 Å². The Morgan fingerprint density at radius 3 is 2.94 bits per heavy atom. The molecule has 0 aliphatic carbocycles. The molecule has 0 aliphatic heterocycles. The number of carbonyl (C=O) groups is 1. The lowest BCUT2D eigenvalue weighted by molar-refractivity contribution is -0.136. The molecule has 2 rings (SSSR count). The topological polar surface area (TPSA) is 68.1 Å². The highest BCUT2D eigenvalue weighted by atomic mass is 16.5. The predicted molar refractivity (Wildman–Crippen MR) is 62.5 cm³/mol. The van der Waals surface area contributed by atoms with Crippen LogP contribution in [0.5, 0.6) is 0 Å². The number of H-pyrrole nitrogens is 1. The lowest BCUT2D eigenvalue weighted by atomic mass is 10.1. The number of nitrogens with two attached hydrogens (primary N) is 1. The van der Waals surface area contributed by atoms with Crippen molar-refractivity contribution in [3.8, 4) is 0 Å². The quantitative estimate of drug-likeness (QED) is 0.592. The number of carbonyl (C=O) groups excluding carboxylic acids is 1. The standard InChI is InChI=1S/C12H12N2O2/c1-16-12(15)10(13)6-8-7-14-11-5-3-2-4-9(8)11/h2-7,14H,13H2,1H3/b10-6-. The van der Waals surface area contributed by atoms with E-state index in [2.05, 4.69) is 9.72 Å². The van der Waals surface area contributed by atoms with E-state index in [9.17, 15) is 4.79 Å². The van der Waals surface area contributed by atoms with E-state index in [0.29, 0.717) is 0 Å². The predicted octanol–water partition coefficient (Wildman–Crippen LogP) is 1.64. The van der Waals surface area contributed by atoms with Crippen molar-refractivity contribution >= 4 is 22.9 Å². The molecule has 0 amide bonds. The van der Waals surface area contributed by atoms with Gasteiger partial charge >= 0.3 is 5.97 Å². The number of hydrogen-bond acceptors (Lipinski definition) is 3. The highest BCUT2D eigenvalue weighted by Crippen LogP contribution is 2.19. The number of ether oxygens (including phenoxy) is 1. The summed E-state index contributed by atoms with van der Waals surface area (Å²) < 4.78 is 4.53. The third kappa shape index (κ3) is 1.77. The van der Waals surface area contributed by atoms with Gasteiger partial charge in [0.1, 0.15) is 5.70 Å². The molecule has 0 spiro atoms. The molecule has 1 heterocycles. The zero-order valence-corrected chi connectivity index (χ0v) is 8.86. The summed E-state index contributed by atoms with van der Waals surface area (Å²) in [5.41, 5.74) is 7.55. The Hall–Kier alpha value is -2.23. The molecule has 1 aromatic carbocycles. The fourth-order valence-corrected chi connectivity index (χ4v) is 1.56. The molecule has 0 unspecified atom stereocenters. The van der Waals surface area contributed by atoms with Crippen molar-refractivity contribution in [3.05, 3.63) is 41.7 Å². The van der Waals surface area contributed by atoms with Gasteiger partial charge in [-0.25, -0.2) is 4.79 Å². The molecule has 0 fully saturated rings. The molecule has 2 aromatic rings. The maximum Gasteiger partial charge on any atom is 0.353 e. The molecule has 0 radical (unpaired) electrons. The number of fused-ring (bicyclic) bond motifs is 1. The van der Waals surface area contributed by atoms with E-state index < -0.39 is 5.97 Å². The van der Waals surface area contributed by atoms with Crippen LogP contribution in [0.15, 0.2) is 36.2 Å². The van der Waals surface area contributed by atoms with Crippen LogP contribution in [0.3, 0.4) is 0 Å². The molecule has 0 bridgehead atoms. The first-order chi connectivity index (χ1) is 7.72. The monoisotopic (exact) mass is 216 g/mol. The van der Waals surface area contributed by atoms with E-state index in [0.717, 1.165) is 16.5 Å². The number of rotatable bonds is 2. The molecule has 0 atom stereocenters. The van der Waals surface area contributed by atoms with Crippen LogP contribution >= 0.6 is 0 Å². The van der Waals surface area contributed by atoms with Crippen molar-refractivity contribution in [3.63, 3.8) is 0 Å². The van der Waals surface area contributed by atoms with Crippen LogP contribution < -0.4 is 5.73 Å². The molecule has 16 heavy (non-hydrogen) atoms. The molecule has 82 valence electrons. The molecule has 4 heteroatoms. The lowest BCUT2D eigenvalue weighted by Gasteiger charge is -1.97. The normalized spacial score (nSPS) is 11.7. The number of para-hydroxylation sites is 1. The van der Waals surface area contributed by atoms with Gasteiger partial charge in [-0.15, -0.1) is 0 Å². The van der Waals surface area contributed by atoms with Gasteiger partial charge in [-0.05, 0) is 12.1 Å². The van der Waals surface area contributed by atoms with Crippen molar-refractivity contribution in [1.29, 1.82) is 0 Å². The minimum Gasteiger partial charge on any atom is -0.464 e. The Bertz CT molecular complexity index is 555. The van der Waals surface area contributed by atoms with Gasteiger partial charge in [0.15, 0.2) is 0 Å². The summed E-state index contributed by atoms with van der Waals surface area (Å²) in [6.07, 6.45) is 3.41. The number of hydrogen-bond donors (Lipinski definition) is 2. The number of benzene rings is 1. The van der Waals surface area contributed by atoms with Crippen molar-refractivity contribution in [2.24, 2.45) is 5.73 Å². The lowest BCUT2D eigenvalue weighted by Crippen LogP contribution is -2.12. The first kappa shape index (κ1) is 10.3. The molecular weight excluding hydrogens is 204 g/mol. The fourth-order valence-electron chi connectivity index (χ4n) is 1.56. The van der Waals surface area contributed by atoms with Crippen molar-refractivity contribution in [2.45, 2.75) is 0 Å². The van der Waals surface area contributed by atoms with Gasteiger partial charge in [0, 0.05) is 22.7 Å². The summed E-state index contributed by atoms with van der Waals surface area (Å²) in [6, 6.07) is 7.79. The third-order valence-electron chi connectivity index (χ3n) is 2.35. The number of methoxy groups -OCH3 is 1. The number of aromatic nitrogens is 1. The summed E-state index contributed by atoms with van der Waals surface area (Å²) in [6.45, 7) is 0. The van der Waals surface area contributed by atoms with Crippen LogP contribution in [0.2, 0.25) is 0 Å². The second kappa shape index (κ2) is 4.10. The number of aromatic amines is 1. The zero-order valence-electron chi connectivity index (χ0n) is 8.86. The zero-order chi connectivity index (χ0) is 11.5. The molecule has 0 aliphatic rings. The van der Waals surface area contributed by atoms with Crippen molar-refractivity contribution < 1.29 is 9.53 Å². The minimum absolute atomic E-state index is 0.0900. The van der Waals surface area contributed by atoms with Gasteiger partial charge in [0.2, 0.25) is 0 Å². The SMILES string of the molecule is COC(=O)/C(N)=C/c1c[nH]c2ccccc12. The summed E-state index contributed by atoms with van der Waals surface area (Å²) in [5.74, 6) is -0.523. The van der Waals surface area contributed by atoms with Crippen LogP contribution in [-0.4, -0.2) is 18.1 Å². The third-order valence-corrected chi connectivity index (χ3v) is 2.35. The van der Waals surface area contributed by atoms with Gasteiger partial charge < -0.3 is 15.5 Å². The Morgan fingerprint density at radius 2 is 2.19 bits per heavy atom. The molecule has 0 saturated carbocycles. The molecular formula is C12H12N2O2. The maximum absolute atomic E-state index is 11.1. The molecule has 1 aromatic heterocycles. The summed E-state index contributed by atoms with van der Waals surface area (Å²) in [4.78, 5) is 14.2. The van der Waals surface area contributed by atoms with E-state index in [4.69, 9.17) is 5.73 Å².